The molecule has 0 aliphatic heterocycles. The molecule has 2 N–H and O–H groups in total. The van der Waals surface area contributed by atoms with Crippen LogP contribution in [0.4, 0.5) is 5.69 Å². The van der Waals surface area contributed by atoms with Gasteiger partial charge in [0.05, 0.1) is 4.92 Å². The van der Waals surface area contributed by atoms with Gasteiger partial charge in [0.15, 0.2) is 0 Å². The molecule has 0 aliphatic carbocycles. The summed E-state index contributed by atoms with van der Waals surface area (Å²) in [5, 5.41) is 10.5. The van der Waals surface area contributed by atoms with Crippen LogP contribution in [-0.4, -0.2) is 4.92 Å². The number of nitrogens with zero attached hydrogens (tertiary/aromatic N) is 1. The zero-order valence-electron chi connectivity index (χ0n) is 9.56. The van der Waals surface area contributed by atoms with Gasteiger partial charge in [0.1, 0.15) is 0 Å². The lowest BCUT2D eigenvalue weighted by molar-refractivity contribution is -0.384. The number of unbranched alkanes of at least 4 members (excludes halogenated alkanes) is 2. The van der Waals surface area contributed by atoms with Crippen LogP contribution >= 0.6 is 0 Å². The molecular formula is C12H18N2O2. The Morgan fingerprint density at radius 1 is 1.31 bits per heavy atom. The molecule has 0 saturated carbocycles. The highest BCUT2D eigenvalue weighted by Crippen LogP contribution is 2.20. The number of non-ortho nitro benzene ring substituents is 1. The lowest BCUT2D eigenvalue weighted by Crippen LogP contribution is -2.09. The van der Waals surface area contributed by atoms with Crippen molar-refractivity contribution in [3.63, 3.8) is 0 Å². The van der Waals surface area contributed by atoms with Crippen molar-refractivity contribution in [1.29, 1.82) is 0 Å². The minimum Gasteiger partial charge on any atom is -0.324 e. The fourth-order valence-corrected chi connectivity index (χ4v) is 1.62. The average molecular weight is 222 g/mol. The van der Waals surface area contributed by atoms with Crippen LogP contribution in [0.3, 0.4) is 0 Å². The van der Waals surface area contributed by atoms with Gasteiger partial charge >= 0.3 is 0 Å². The molecular weight excluding hydrogens is 204 g/mol. The molecule has 1 aromatic rings. The van der Waals surface area contributed by atoms with Crippen molar-refractivity contribution in [3.05, 3.63) is 39.9 Å². The highest BCUT2D eigenvalue weighted by atomic mass is 16.6. The first-order valence-corrected chi connectivity index (χ1v) is 5.65. The van der Waals surface area contributed by atoms with Gasteiger partial charge in [0.25, 0.3) is 5.69 Å². The zero-order chi connectivity index (χ0) is 12.0. The molecule has 88 valence electrons. The molecule has 0 aliphatic rings. The number of hydrogen-bond donors (Lipinski definition) is 1. The van der Waals surface area contributed by atoms with E-state index in [9.17, 15) is 10.1 Å². The van der Waals surface area contributed by atoms with Gasteiger partial charge in [-0.05, 0) is 12.0 Å². The monoisotopic (exact) mass is 222 g/mol. The number of nitro benzene ring substituents is 1. The van der Waals surface area contributed by atoms with E-state index in [0.717, 1.165) is 18.4 Å². The fraction of sp³-hybridized carbons (Fsp3) is 0.500. The molecule has 1 atom stereocenters. The Labute approximate surface area is 95.6 Å². The standard InChI is InChI=1S/C12H18N2O2/c1-2-3-4-5-12(13)10-6-8-11(9-7-10)14(15)16/h6-9,12H,2-5,13H2,1H3/t12-/m1/s1. The van der Waals surface area contributed by atoms with Crippen LogP contribution in [0.1, 0.15) is 44.2 Å². The summed E-state index contributed by atoms with van der Waals surface area (Å²) in [5.74, 6) is 0. The van der Waals surface area contributed by atoms with Crippen LogP contribution in [0.5, 0.6) is 0 Å². The first kappa shape index (κ1) is 12.6. The second-order valence-electron chi connectivity index (χ2n) is 3.95. The van der Waals surface area contributed by atoms with Crippen molar-refractivity contribution >= 4 is 5.69 Å². The van der Waals surface area contributed by atoms with Crippen molar-refractivity contribution in [2.75, 3.05) is 0 Å². The Hall–Kier alpha value is -1.42. The summed E-state index contributed by atoms with van der Waals surface area (Å²) in [7, 11) is 0. The van der Waals surface area contributed by atoms with Crippen molar-refractivity contribution in [2.45, 2.75) is 38.6 Å². The van der Waals surface area contributed by atoms with E-state index in [1.54, 1.807) is 12.1 Å². The third-order valence-electron chi connectivity index (χ3n) is 2.65. The third-order valence-corrected chi connectivity index (χ3v) is 2.65. The van der Waals surface area contributed by atoms with Crippen LogP contribution in [0.25, 0.3) is 0 Å². The Morgan fingerprint density at radius 3 is 2.44 bits per heavy atom. The quantitative estimate of drug-likeness (QED) is 0.456. The maximum atomic E-state index is 10.5. The van der Waals surface area contributed by atoms with Gasteiger partial charge in [-0.25, -0.2) is 0 Å². The topological polar surface area (TPSA) is 69.2 Å². The Balaban J connectivity index is 2.56. The molecule has 0 unspecified atom stereocenters. The largest absolute Gasteiger partial charge is 0.324 e. The molecule has 0 spiro atoms. The van der Waals surface area contributed by atoms with Crippen molar-refractivity contribution < 1.29 is 4.92 Å². The molecule has 1 aromatic carbocycles. The molecule has 0 bridgehead atoms. The predicted octanol–water partition coefficient (Wildman–Crippen LogP) is 3.17. The lowest BCUT2D eigenvalue weighted by atomic mass is 10.0. The van der Waals surface area contributed by atoms with E-state index in [0.29, 0.717) is 0 Å². The van der Waals surface area contributed by atoms with Gasteiger partial charge in [-0.15, -0.1) is 0 Å². The smallest absolute Gasteiger partial charge is 0.269 e. The molecule has 0 radical (unpaired) electrons. The summed E-state index contributed by atoms with van der Waals surface area (Å²) in [6.07, 6.45) is 4.40. The van der Waals surface area contributed by atoms with Crippen molar-refractivity contribution in [3.8, 4) is 0 Å². The summed E-state index contributed by atoms with van der Waals surface area (Å²) < 4.78 is 0. The normalized spacial score (nSPS) is 12.4. The Kier molecular flexibility index (Phi) is 4.92. The second kappa shape index (κ2) is 6.23. The lowest BCUT2D eigenvalue weighted by Gasteiger charge is -2.11. The summed E-state index contributed by atoms with van der Waals surface area (Å²) >= 11 is 0. The van der Waals surface area contributed by atoms with E-state index in [1.165, 1.54) is 25.0 Å². The van der Waals surface area contributed by atoms with Gasteiger partial charge < -0.3 is 5.73 Å². The minimum absolute atomic E-state index is 0.00708. The summed E-state index contributed by atoms with van der Waals surface area (Å²) in [5.41, 5.74) is 7.08. The van der Waals surface area contributed by atoms with Crippen LogP contribution in [0.2, 0.25) is 0 Å². The Morgan fingerprint density at radius 2 is 1.94 bits per heavy atom. The van der Waals surface area contributed by atoms with Gasteiger partial charge in [0, 0.05) is 18.2 Å². The maximum Gasteiger partial charge on any atom is 0.269 e. The predicted molar refractivity (Wildman–Crippen MR) is 64.2 cm³/mol. The molecule has 0 aromatic heterocycles. The van der Waals surface area contributed by atoms with Crippen LogP contribution in [0.15, 0.2) is 24.3 Å². The molecule has 4 heteroatoms. The second-order valence-corrected chi connectivity index (χ2v) is 3.95. The number of nitro groups is 1. The number of benzene rings is 1. The highest BCUT2D eigenvalue weighted by Gasteiger charge is 2.08. The van der Waals surface area contributed by atoms with Crippen molar-refractivity contribution in [1.82, 2.24) is 0 Å². The number of nitrogens with two attached hydrogens (primary N) is 1. The number of hydrogen-bond acceptors (Lipinski definition) is 3. The van der Waals surface area contributed by atoms with Crippen LogP contribution in [-0.2, 0) is 0 Å². The van der Waals surface area contributed by atoms with Gasteiger partial charge in [-0.3, -0.25) is 10.1 Å². The van der Waals surface area contributed by atoms with E-state index in [1.807, 2.05) is 0 Å². The van der Waals surface area contributed by atoms with Gasteiger partial charge in [0.2, 0.25) is 0 Å². The SMILES string of the molecule is CCCCC[C@@H](N)c1ccc([N+](=O)[O-])cc1. The molecule has 0 fully saturated rings. The van der Waals surface area contributed by atoms with Gasteiger partial charge in [-0.2, -0.15) is 0 Å². The summed E-state index contributed by atoms with van der Waals surface area (Å²) in [4.78, 5) is 10.1. The summed E-state index contributed by atoms with van der Waals surface area (Å²) in [6, 6.07) is 6.50. The number of rotatable bonds is 6. The first-order valence-electron chi connectivity index (χ1n) is 5.65. The van der Waals surface area contributed by atoms with Crippen LogP contribution in [0, 0.1) is 10.1 Å². The molecule has 0 amide bonds. The molecule has 16 heavy (non-hydrogen) atoms. The van der Waals surface area contributed by atoms with E-state index >= 15 is 0 Å². The maximum absolute atomic E-state index is 10.5. The van der Waals surface area contributed by atoms with Crippen molar-refractivity contribution in [2.24, 2.45) is 5.73 Å². The third kappa shape index (κ3) is 3.62. The minimum atomic E-state index is -0.396. The van der Waals surface area contributed by atoms with E-state index in [-0.39, 0.29) is 11.7 Å². The average Bonchev–Trinajstić information content (AvgIpc) is 2.29. The van der Waals surface area contributed by atoms with E-state index in [4.69, 9.17) is 5.73 Å². The first-order chi connectivity index (χ1) is 7.65. The molecule has 1 rings (SSSR count). The van der Waals surface area contributed by atoms with Gasteiger partial charge in [-0.1, -0.05) is 38.3 Å². The summed E-state index contributed by atoms with van der Waals surface area (Å²) in [6.45, 7) is 2.15. The molecule has 0 saturated heterocycles. The zero-order valence-corrected chi connectivity index (χ0v) is 9.56. The van der Waals surface area contributed by atoms with Crippen LogP contribution < -0.4 is 5.73 Å². The Bertz CT molecular complexity index is 335. The van der Waals surface area contributed by atoms with E-state index < -0.39 is 4.92 Å². The van der Waals surface area contributed by atoms with E-state index in [2.05, 4.69) is 6.92 Å². The molecule has 4 nitrogen and oxygen atoms in total. The fourth-order valence-electron chi connectivity index (χ4n) is 1.62. The highest BCUT2D eigenvalue weighted by molar-refractivity contribution is 5.34. The molecule has 0 heterocycles.